The first-order valence-electron chi connectivity index (χ1n) is 10.1. The molecule has 0 radical (unpaired) electrons. The van der Waals surface area contributed by atoms with E-state index in [0.29, 0.717) is 6.54 Å². The number of amides is 1. The maximum Gasteiger partial charge on any atom is 0.387 e. The molecule has 0 fully saturated rings. The first-order chi connectivity index (χ1) is 14.9. The Morgan fingerprint density at radius 2 is 1.45 bits per heavy atom. The third-order valence-electron chi connectivity index (χ3n) is 5.00. The third-order valence-corrected chi connectivity index (χ3v) is 5.00. The highest BCUT2D eigenvalue weighted by Crippen LogP contribution is 2.25. The standard InChI is InChI=1S/C25H26F2N2O2/c1-18(24(30)29(2)17-19-9-5-3-6-10-19)28-23(20-11-7-4-8-12-20)21-13-15-22(16-14-21)31-25(26)27/h3-16,18,23,25,28H,17H2,1-2H3/t18-,23-/m1/s1. The van der Waals surface area contributed by atoms with Gasteiger partial charge >= 0.3 is 6.61 Å². The van der Waals surface area contributed by atoms with Gasteiger partial charge in [-0.05, 0) is 35.7 Å². The van der Waals surface area contributed by atoms with E-state index in [2.05, 4.69) is 10.1 Å². The van der Waals surface area contributed by atoms with Crippen LogP contribution in [0.1, 0.15) is 29.7 Å². The molecule has 0 spiro atoms. The third kappa shape index (κ3) is 6.36. The lowest BCUT2D eigenvalue weighted by molar-refractivity contribution is -0.132. The second-order valence-electron chi connectivity index (χ2n) is 7.36. The average molecular weight is 424 g/mol. The van der Waals surface area contributed by atoms with Crippen LogP contribution in [0.4, 0.5) is 8.78 Å². The van der Waals surface area contributed by atoms with Crippen molar-refractivity contribution in [2.24, 2.45) is 0 Å². The minimum absolute atomic E-state index is 0.0394. The lowest BCUT2D eigenvalue weighted by Gasteiger charge is -2.27. The van der Waals surface area contributed by atoms with Crippen LogP contribution in [0.2, 0.25) is 0 Å². The summed E-state index contributed by atoms with van der Waals surface area (Å²) >= 11 is 0. The predicted octanol–water partition coefficient (Wildman–Crippen LogP) is 5.01. The van der Waals surface area contributed by atoms with E-state index in [0.717, 1.165) is 16.7 Å². The summed E-state index contributed by atoms with van der Waals surface area (Å²) in [6.45, 7) is -0.526. The number of benzene rings is 3. The van der Waals surface area contributed by atoms with E-state index in [1.54, 1.807) is 24.1 Å². The predicted molar refractivity (Wildman–Crippen MR) is 117 cm³/mol. The lowest BCUT2D eigenvalue weighted by atomic mass is 9.97. The molecule has 2 atom stereocenters. The van der Waals surface area contributed by atoms with Gasteiger partial charge in [0, 0.05) is 13.6 Å². The number of carbonyl (C=O) groups is 1. The van der Waals surface area contributed by atoms with Crippen molar-refractivity contribution in [2.75, 3.05) is 7.05 Å². The van der Waals surface area contributed by atoms with E-state index in [9.17, 15) is 13.6 Å². The summed E-state index contributed by atoms with van der Waals surface area (Å²) in [7, 11) is 1.78. The van der Waals surface area contributed by atoms with Gasteiger partial charge in [0.2, 0.25) is 5.91 Å². The second-order valence-corrected chi connectivity index (χ2v) is 7.36. The summed E-state index contributed by atoms with van der Waals surface area (Å²) in [6.07, 6.45) is 0. The van der Waals surface area contributed by atoms with Gasteiger partial charge in [0.1, 0.15) is 5.75 Å². The number of hydrogen-bond donors (Lipinski definition) is 1. The molecule has 162 valence electrons. The Balaban J connectivity index is 1.76. The highest BCUT2D eigenvalue weighted by Gasteiger charge is 2.23. The maximum absolute atomic E-state index is 13.0. The van der Waals surface area contributed by atoms with Crippen LogP contribution in [0.25, 0.3) is 0 Å². The van der Waals surface area contributed by atoms with Crippen LogP contribution in [0, 0.1) is 0 Å². The zero-order chi connectivity index (χ0) is 22.2. The van der Waals surface area contributed by atoms with Crippen LogP contribution >= 0.6 is 0 Å². The number of likely N-dealkylation sites (N-methyl/N-ethyl adjacent to an activating group) is 1. The molecule has 3 aromatic rings. The number of alkyl halides is 2. The van der Waals surface area contributed by atoms with Gasteiger partial charge in [0.05, 0.1) is 12.1 Å². The summed E-state index contributed by atoms with van der Waals surface area (Å²) in [6, 6.07) is 25.2. The van der Waals surface area contributed by atoms with E-state index < -0.39 is 12.7 Å². The smallest absolute Gasteiger partial charge is 0.387 e. The van der Waals surface area contributed by atoms with Gasteiger partial charge in [-0.25, -0.2) is 0 Å². The van der Waals surface area contributed by atoms with Gasteiger partial charge < -0.3 is 9.64 Å². The minimum atomic E-state index is -2.87. The van der Waals surface area contributed by atoms with Gasteiger partial charge in [0.15, 0.2) is 0 Å². The molecule has 3 aromatic carbocycles. The quantitative estimate of drug-likeness (QED) is 0.525. The molecule has 0 aliphatic heterocycles. The number of carbonyl (C=O) groups excluding carboxylic acids is 1. The molecule has 1 amide bonds. The molecule has 0 aromatic heterocycles. The molecular weight excluding hydrogens is 398 g/mol. The zero-order valence-corrected chi connectivity index (χ0v) is 17.5. The summed E-state index contributed by atoms with van der Waals surface area (Å²) in [5.41, 5.74) is 2.87. The van der Waals surface area contributed by atoms with Crippen LogP contribution in [-0.2, 0) is 11.3 Å². The van der Waals surface area contributed by atoms with E-state index >= 15 is 0 Å². The van der Waals surface area contributed by atoms with Crippen molar-refractivity contribution in [1.29, 1.82) is 0 Å². The van der Waals surface area contributed by atoms with E-state index in [-0.39, 0.29) is 17.7 Å². The Kier molecular flexibility index (Phi) is 7.73. The molecule has 0 aliphatic carbocycles. The first kappa shape index (κ1) is 22.4. The largest absolute Gasteiger partial charge is 0.435 e. The van der Waals surface area contributed by atoms with E-state index in [4.69, 9.17) is 0 Å². The fourth-order valence-corrected chi connectivity index (χ4v) is 3.46. The van der Waals surface area contributed by atoms with Gasteiger partial charge in [-0.15, -0.1) is 0 Å². The highest BCUT2D eigenvalue weighted by atomic mass is 19.3. The van der Waals surface area contributed by atoms with E-state index in [1.165, 1.54) is 12.1 Å². The number of ether oxygens (including phenoxy) is 1. The molecule has 4 nitrogen and oxygen atoms in total. The fourth-order valence-electron chi connectivity index (χ4n) is 3.46. The topological polar surface area (TPSA) is 41.6 Å². The van der Waals surface area contributed by atoms with Gasteiger partial charge in [-0.2, -0.15) is 8.78 Å². The Morgan fingerprint density at radius 3 is 2.03 bits per heavy atom. The lowest BCUT2D eigenvalue weighted by Crippen LogP contribution is -2.44. The monoisotopic (exact) mass is 424 g/mol. The molecule has 0 bridgehead atoms. The summed E-state index contributed by atoms with van der Waals surface area (Å²) in [5.74, 6) is 0.0553. The Morgan fingerprint density at radius 1 is 0.903 bits per heavy atom. The van der Waals surface area contributed by atoms with Crippen molar-refractivity contribution in [1.82, 2.24) is 10.2 Å². The molecule has 0 saturated heterocycles. The summed E-state index contributed by atoms with van der Waals surface area (Å²) < 4.78 is 29.4. The van der Waals surface area contributed by atoms with E-state index in [1.807, 2.05) is 67.6 Å². The Bertz CT molecular complexity index is 950. The fraction of sp³-hybridized carbons (Fsp3) is 0.240. The molecule has 6 heteroatoms. The normalized spacial score (nSPS) is 12.9. The van der Waals surface area contributed by atoms with Gasteiger partial charge in [-0.3, -0.25) is 10.1 Å². The van der Waals surface area contributed by atoms with Crippen molar-refractivity contribution in [3.05, 3.63) is 102 Å². The van der Waals surface area contributed by atoms with Crippen LogP contribution < -0.4 is 10.1 Å². The summed E-state index contributed by atoms with van der Waals surface area (Å²) in [5, 5.41) is 3.40. The number of hydrogen-bond acceptors (Lipinski definition) is 3. The maximum atomic E-state index is 13.0. The molecule has 3 rings (SSSR count). The molecule has 1 N–H and O–H groups in total. The van der Waals surface area contributed by atoms with Crippen LogP contribution in [0.15, 0.2) is 84.9 Å². The second kappa shape index (κ2) is 10.7. The molecule has 0 heterocycles. The first-order valence-corrected chi connectivity index (χ1v) is 10.1. The molecule has 0 unspecified atom stereocenters. The Labute approximate surface area is 181 Å². The minimum Gasteiger partial charge on any atom is -0.435 e. The Hall–Kier alpha value is -3.25. The van der Waals surface area contributed by atoms with Crippen molar-refractivity contribution < 1.29 is 18.3 Å². The molecule has 31 heavy (non-hydrogen) atoms. The van der Waals surface area contributed by atoms with Crippen LogP contribution in [0.3, 0.4) is 0 Å². The molecule has 0 aliphatic rings. The van der Waals surface area contributed by atoms with Crippen molar-refractivity contribution in [3.63, 3.8) is 0 Å². The number of halogens is 2. The summed E-state index contributed by atoms with van der Waals surface area (Å²) in [4.78, 5) is 14.7. The molecular formula is C25H26F2N2O2. The van der Waals surface area contributed by atoms with Crippen LogP contribution in [0.5, 0.6) is 5.75 Å². The zero-order valence-electron chi connectivity index (χ0n) is 17.5. The van der Waals surface area contributed by atoms with Gasteiger partial charge in [-0.1, -0.05) is 72.8 Å². The van der Waals surface area contributed by atoms with Crippen molar-refractivity contribution in [3.8, 4) is 5.75 Å². The highest BCUT2D eigenvalue weighted by molar-refractivity contribution is 5.81. The average Bonchev–Trinajstić information content (AvgIpc) is 2.78. The van der Waals surface area contributed by atoms with Crippen LogP contribution in [-0.4, -0.2) is 30.5 Å². The SMILES string of the molecule is C[C@@H](N[C@H](c1ccccc1)c1ccc(OC(F)F)cc1)C(=O)N(C)Cc1ccccc1. The number of nitrogens with zero attached hydrogens (tertiary/aromatic N) is 1. The molecule has 0 saturated carbocycles. The van der Waals surface area contributed by atoms with Gasteiger partial charge in [0.25, 0.3) is 0 Å². The number of rotatable bonds is 9. The number of nitrogens with one attached hydrogen (secondary N) is 1. The van der Waals surface area contributed by atoms with Crippen molar-refractivity contribution >= 4 is 5.91 Å². The van der Waals surface area contributed by atoms with Crippen molar-refractivity contribution in [2.45, 2.75) is 32.2 Å².